The molecule has 10 nitrogen and oxygen atoms in total. The molecule has 0 radical (unpaired) electrons. The molecule has 2 amide bonds. The number of rotatable bonds is 6. The molecule has 11 heteroatoms. The van der Waals surface area contributed by atoms with Crippen LogP contribution < -0.4 is 21.3 Å². The zero-order chi connectivity index (χ0) is 28.4. The van der Waals surface area contributed by atoms with Gasteiger partial charge in [-0.3, -0.25) is 14.4 Å². The van der Waals surface area contributed by atoms with E-state index in [0.717, 1.165) is 22.8 Å². The highest BCUT2D eigenvalue weighted by Gasteiger charge is 2.29. The van der Waals surface area contributed by atoms with Gasteiger partial charge in [0.05, 0.1) is 24.1 Å². The van der Waals surface area contributed by atoms with Gasteiger partial charge in [-0.15, -0.1) is 0 Å². The fourth-order valence-corrected chi connectivity index (χ4v) is 5.02. The maximum Gasteiger partial charge on any atom is 0.298 e. The third-order valence-electron chi connectivity index (χ3n) is 6.98. The molecule has 1 atom stereocenters. The number of fused-ring (bicyclic) bond motifs is 1. The monoisotopic (exact) mass is 542 g/mol. The number of methoxy groups -OCH3 is 1. The second-order valence-electron chi connectivity index (χ2n) is 9.40. The molecule has 2 aromatic carbocycles. The van der Waals surface area contributed by atoms with E-state index in [4.69, 9.17) is 10.5 Å². The third-order valence-corrected chi connectivity index (χ3v) is 6.98. The van der Waals surface area contributed by atoms with Gasteiger partial charge < -0.3 is 25.3 Å². The van der Waals surface area contributed by atoms with Crippen molar-refractivity contribution in [2.24, 2.45) is 0 Å². The first-order valence-electron chi connectivity index (χ1n) is 12.6. The van der Waals surface area contributed by atoms with Gasteiger partial charge in [-0.25, -0.2) is 9.49 Å². The summed E-state index contributed by atoms with van der Waals surface area (Å²) < 4.78 is 20.7. The van der Waals surface area contributed by atoms with Crippen LogP contribution in [0, 0.1) is 17.7 Å². The van der Waals surface area contributed by atoms with Crippen molar-refractivity contribution >= 4 is 28.5 Å². The normalized spacial score (nSPS) is 14.6. The molecule has 2 aromatic heterocycles. The Morgan fingerprint density at radius 2 is 2.02 bits per heavy atom. The Bertz CT molecular complexity index is 1730. The SMILES string of the molecule is CC#CC(=O)N1CC[C@@H](n2cc(-c3ccc(CNC(=O)c4cc(F)ccc4OC)cc3)c3c(N)n[nH]c(=O)c32)C1. The number of aromatic nitrogens is 3. The van der Waals surface area contributed by atoms with Crippen molar-refractivity contribution in [1.29, 1.82) is 0 Å². The van der Waals surface area contributed by atoms with E-state index in [0.29, 0.717) is 30.4 Å². The predicted molar refractivity (Wildman–Crippen MR) is 148 cm³/mol. The van der Waals surface area contributed by atoms with E-state index in [9.17, 15) is 18.8 Å². The number of H-pyrrole nitrogens is 1. The van der Waals surface area contributed by atoms with Crippen molar-refractivity contribution in [3.63, 3.8) is 0 Å². The largest absolute Gasteiger partial charge is 0.496 e. The molecule has 0 saturated carbocycles. The molecule has 3 heterocycles. The second kappa shape index (κ2) is 10.9. The van der Waals surface area contributed by atoms with Crippen LogP contribution in [-0.2, 0) is 11.3 Å². The maximum absolute atomic E-state index is 13.7. The molecule has 204 valence electrons. The van der Waals surface area contributed by atoms with E-state index in [1.54, 1.807) is 11.8 Å². The Kier molecular flexibility index (Phi) is 7.25. The molecule has 0 aliphatic carbocycles. The van der Waals surface area contributed by atoms with Gasteiger partial charge in [0.1, 0.15) is 17.1 Å². The van der Waals surface area contributed by atoms with Crippen LogP contribution in [0.5, 0.6) is 5.75 Å². The number of nitrogens with one attached hydrogen (secondary N) is 2. The highest BCUT2D eigenvalue weighted by atomic mass is 19.1. The summed E-state index contributed by atoms with van der Waals surface area (Å²) >= 11 is 0. The van der Waals surface area contributed by atoms with Crippen molar-refractivity contribution in [2.75, 3.05) is 25.9 Å². The molecular formula is C29H27FN6O4. The predicted octanol–water partition coefficient (Wildman–Crippen LogP) is 2.85. The molecule has 1 saturated heterocycles. The highest BCUT2D eigenvalue weighted by Crippen LogP contribution is 2.35. The Morgan fingerprint density at radius 3 is 2.75 bits per heavy atom. The number of nitrogens with zero attached hydrogens (tertiary/aromatic N) is 3. The van der Waals surface area contributed by atoms with Gasteiger partial charge >= 0.3 is 0 Å². The van der Waals surface area contributed by atoms with Crippen molar-refractivity contribution in [3.05, 3.63) is 76.0 Å². The minimum absolute atomic E-state index is 0.106. The van der Waals surface area contributed by atoms with Gasteiger partial charge in [0.2, 0.25) is 0 Å². The van der Waals surface area contributed by atoms with Crippen LogP contribution in [0.2, 0.25) is 0 Å². The van der Waals surface area contributed by atoms with Crippen LogP contribution in [0.25, 0.3) is 22.0 Å². The Hall–Kier alpha value is -5.11. The van der Waals surface area contributed by atoms with Crippen LogP contribution in [0.3, 0.4) is 0 Å². The van der Waals surface area contributed by atoms with Gasteiger partial charge in [0, 0.05) is 31.4 Å². The highest BCUT2D eigenvalue weighted by molar-refractivity contribution is 6.02. The lowest BCUT2D eigenvalue weighted by Crippen LogP contribution is -2.28. The number of carbonyl (C=O) groups is 2. The van der Waals surface area contributed by atoms with Gasteiger partial charge in [-0.05, 0) is 48.6 Å². The van der Waals surface area contributed by atoms with Crippen molar-refractivity contribution in [2.45, 2.75) is 25.9 Å². The maximum atomic E-state index is 13.7. The van der Waals surface area contributed by atoms with E-state index >= 15 is 0 Å². The molecule has 4 N–H and O–H groups in total. The van der Waals surface area contributed by atoms with Crippen LogP contribution in [-0.4, -0.2) is 51.7 Å². The molecule has 40 heavy (non-hydrogen) atoms. The topological polar surface area (TPSA) is 135 Å². The lowest BCUT2D eigenvalue weighted by molar-refractivity contribution is -0.124. The minimum Gasteiger partial charge on any atom is -0.496 e. The number of anilines is 1. The van der Waals surface area contributed by atoms with E-state index in [-0.39, 0.29) is 41.2 Å². The van der Waals surface area contributed by atoms with Gasteiger partial charge in [0.15, 0.2) is 5.82 Å². The standard InChI is InChI=1S/C29H27FN6O4/c1-3-4-24(37)35-12-11-20(15-35)36-16-22(25-26(36)29(39)34-33-27(25)31)18-7-5-17(6-8-18)14-32-28(38)21-13-19(30)9-10-23(21)40-2/h5-10,13,16,20H,11-12,14-15H2,1-2H3,(H2,31,33)(H,32,38)(H,34,39)/t20-/m1/s1. The number of aromatic amines is 1. The molecule has 1 aliphatic rings. The number of nitrogens with two attached hydrogens (primary N) is 1. The number of benzene rings is 2. The number of amides is 2. The van der Waals surface area contributed by atoms with Crippen LogP contribution in [0.15, 0.2) is 53.5 Å². The summed E-state index contributed by atoms with van der Waals surface area (Å²) in [5.41, 5.74) is 8.68. The lowest BCUT2D eigenvalue weighted by Gasteiger charge is -2.15. The molecule has 4 aromatic rings. The molecule has 0 bridgehead atoms. The number of halogens is 1. The van der Waals surface area contributed by atoms with Gasteiger partial charge in [-0.1, -0.05) is 30.2 Å². The molecule has 0 unspecified atom stereocenters. The first-order valence-corrected chi connectivity index (χ1v) is 12.6. The molecule has 1 fully saturated rings. The second-order valence-corrected chi connectivity index (χ2v) is 9.40. The van der Waals surface area contributed by atoms with E-state index < -0.39 is 11.7 Å². The average Bonchev–Trinajstić information content (AvgIpc) is 3.61. The summed E-state index contributed by atoms with van der Waals surface area (Å²) in [6.45, 7) is 2.78. The summed E-state index contributed by atoms with van der Waals surface area (Å²) in [5, 5.41) is 9.74. The van der Waals surface area contributed by atoms with Crippen molar-refractivity contribution in [3.8, 4) is 28.7 Å². The van der Waals surface area contributed by atoms with Crippen LogP contribution in [0.1, 0.15) is 35.3 Å². The van der Waals surface area contributed by atoms with E-state index in [1.165, 1.54) is 19.2 Å². The Labute approximate surface area is 228 Å². The van der Waals surface area contributed by atoms with Crippen molar-refractivity contribution in [1.82, 2.24) is 25.0 Å². The number of carbonyl (C=O) groups excluding carboxylic acids is 2. The smallest absolute Gasteiger partial charge is 0.298 e. The molecular weight excluding hydrogens is 515 g/mol. The van der Waals surface area contributed by atoms with Crippen molar-refractivity contribution < 1.29 is 18.7 Å². The number of nitrogen functional groups attached to an aromatic ring is 1. The lowest BCUT2D eigenvalue weighted by atomic mass is 10.0. The van der Waals surface area contributed by atoms with E-state index in [2.05, 4.69) is 27.4 Å². The molecule has 5 rings (SSSR count). The summed E-state index contributed by atoms with van der Waals surface area (Å²) in [4.78, 5) is 39.5. The number of ether oxygens (including phenoxy) is 1. The zero-order valence-corrected chi connectivity index (χ0v) is 22.0. The number of hydrogen-bond acceptors (Lipinski definition) is 6. The fraction of sp³-hybridized carbons (Fsp3) is 0.241. The third kappa shape index (κ3) is 4.99. The van der Waals surface area contributed by atoms with Crippen LogP contribution >= 0.6 is 0 Å². The van der Waals surface area contributed by atoms with Gasteiger partial charge in [-0.2, -0.15) is 5.10 Å². The number of likely N-dealkylation sites (tertiary alicyclic amines) is 1. The summed E-state index contributed by atoms with van der Waals surface area (Å²) in [6, 6.07) is 11.1. The summed E-state index contributed by atoms with van der Waals surface area (Å²) in [6.07, 6.45) is 2.53. The first kappa shape index (κ1) is 26.5. The number of hydrogen-bond donors (Lipinski definition) is 3. The summed E-state index contributed by atoms with van der Waals surface area (Å²) in [7, 11) is 1.42. The Balaban J connectivity index is 1.41. The quantitative estimate of drug-likeness (QED) is 0.321. The fourth-order valence-electron chi connectivity index (χ4n) is 5.02. The molecule has 0 spiro atoms. The molecule has 1 aliphatic heterocycles. The van der Waals surface area contributed by atoms with E-state index in [1.807, 2.05) is 35.0 Å². The van der Waals surface area contributed by atoms with Gasteiger partial charge in [0.25, 0.3) is 17.4 Å². The average molecular weight is 543 g/mol. The Morgan fingerprint density at radius 1 is 1.25 bits per heavy atom. The van der Waals surface area contributed by atoms with Crippen LogP contribution in [0.4, 0.5) is 10.2 Å². The first-order chi connectivity index (χ1) is 19.3. The minimum atomic E-state index is -0.534. The zero-order valence-electron chi connectivity index (χ0n) is 22.0. The summed E-state index contributed by atoms with van der Waals surface area (Å²) in [5.74, 6) is 4.43.